The van der Waals surface area contributed by atoms with Crippen LogP contribution in [-0.4, -0.2) is 17.9 Å². The molecule has 1 aliphatic carbocycles. The molecular formula is C11H15NO2S. The van der Waals surface area contributed by atoms with Gasteiger partial charge in [-0.25, -0.2) is 4.98 Å². The van der Waals surface area contributed by atoms with Crippen molar-refractivity contribution < 1.29 is 9.53 Å². The van der Waals surface area contributed by atoms with Gasteiger partial charge in [-0.15, -0.1) is 0 Å². The SMILES string of the molecule is COc1ncc(C2CC(=O)CCC2C)s1. The Labute approximate surface area is 93.5 Å². The van der Waals surface area contributed by atoms with Gasteiger partial charge in [0.2, 0.25) is 0 Å². The van der Waals surface area contributed by atoms with E-state index < -0.39 is 0 Å². The van der Waals surface area contributed by atoms with Gasteiger partial charge in [0.1, 0.15) is 5.78 Å². The normalized spacial score (nSPS) is 26.7. The lowest BCUT2D eigenvalue weighted by Gasteiger charge is -2.26. The molecule has 0 aliphatic heterocycles. The number of hydrogen-bond acceptors (Lipinski definition) is 4. The van der Waals surface area contributed by atoms with Crippen LogP contribution in [0.25, 0.3) is 0 Å². The molecular weight excluding hydrogens is 210 g/mol. The fourth-order valence-corrected chi connectivity index (χ4v) is 3.02. The van der Waals surface area contributed by atoms with Crippen LogP contribution in [0.3, 0.4) is 0 Å². The minimum atomic E-state index is 0.354. The van der Waals surface area contributed by atoms with E-state index in [2.05, 4.69) is 11.9 Å². The molecule has 3 nitrogen and oxygen atoms in total. The highest BCUT2D eigenvalue weighted by Crippen LogP contribution is 2.39. The predicted octanol–water partition coefficient (Wildman–Crippen LogP) is 2.62. The number of ketones is 1. The molecule has 4 heteroatoms. The maximum absolute atomic E-state index is 11.4. The second kappa shape index (κ2) is 4.31. The highest BCUT2D eigenvalue weighted by Gasteiger charge is 2.28. The third-order valence-corrected chi connectivity index (χ3v) is 4.15. The molecule has 82 valence electrons. The van der Waals surface area contributed by atoms with E-state index in [0.717, 1.165) is 12.8 Å². The lowest BCUT2D eigenvalue weighted by Crippen LogP contribution is -2.20. The van der Waals surface area contributed by atoms with Gasteiger partial charge in [-0.3, -0.25) is 4.79 Å². The number of carbonyl (C=O) groups excluding carboxylic acids is 1. The van der Waals surface area contributed by atoms with Crippen molar-refractivity contribution in [2.45, 2.75) is 32.1 Å². The van der Waals surface area contributed by atoms with Gasteiger partial charge in [0.05, 0.1) is 7.11 Å². The first-order chi connectivity index (χ1) is 7.20. The molecule has 1 aromatic heterocycles. The van der Waals surface area contributed by atoms with E-state index in [4.69, 9.17) is 4.74 Å². The van der Waals surface area contributed by atoms with Crippen molar-refractivity contribution in [1.29, 1.82) is 0 Å². The summed E-state index contributed by atoms with van der Waals surface area (Å²) in [6, 6.07) is 0. The Bertz CT molecular complexity index is 361. The summed E-state index contributed by atoms with van der Waals surface area (Å²) < 4.78 is 5.07. The molecule has 1 aliphatic rings. The molecule has 0 bridgehead atoms. The average Bonchev–Trinajstić information content (AvgIpc) is 2.70. The predicted molar refractivity (Wildman–Crippen MR) is 59.4 cm³/mol. The van der Waals surface area contributed by atoms with E-state index >= 15 is 0 Å². The summed E-state index contributed by atoms with van der Waals surface area (Å²) in [6.45, 7) is 2.21. The van der Waals surface area contributed by atoms with Crippen molar-refractivity contribution in [3.05, 3.63) is 11.1 Å². The minimum Gasteiger partial charge on any atom is -0.473 e. The molecule has 0 amide bonds. The smallest absolute Gasteiger partial charge is 0.273 e. The third kappa shape index (κ3) is 2.20. The van der Waals surface area contributed by atoms with Gasteiger partial charge in [-0.1, -0.05) is 18.3 Å². The zero-order valence-corrected chi connectivity index (χ0v) is 9.84. The standard InChI is InChI=1S/C11H15NO2S/c1-7-3-4-8(13)5-9(7)10-6-12-11(14-2)15-10/h6-7,9H,3-5H2,1-2H3. The first-order valence-corrected chi connectivity index (χ1v) is 6.03. The van der Waals surface area contributed by atoms with Crippen molar-refractivity contribution in [3.63, 3.8) is 0 Å². The summed E-state index contributed by atoms with van der Waals surface area (Å²) in [4.78, 5) is 16.8. The van der Waals surface area contributed by atoms with Gasteiger partial charge in [0, 0.05) is 29.8 Å². The van der Waals surface area contributed by atoms with E-state index in [0.29, 0.717) is 29.2 Å². The van der Waals surface area contributed by atoms with Crippen molar-refractivity contribution >= 4 is 17.1 Å². The summed E-state index contributed by atoms with van der Waals surface area (Å²) in [5.74, 6) is 1.31. The largest absolute Gasteiger partial charge is 0.473 e. The number of nitrogens with zero attached hydrogens (tertiary/aromatic N) is 1. The molecule has 1 saturated carbocycles. The van der Waals surface area contributed by atoms with Gasteiger partial charge < -0.3 is 4.74 Å². The van der Waals surface area contributed by atoms with E-state index in [9.17, 15) is 4.79 Å². The van der Waals surface area contributed by atoms with Gasteiger partial charge >= 0.3 is 0 Å². The number of carbonyl (C=O) groups is 1. The van der Waals surface area contributed by atoms with Crippen LogP contribution >= 0.6 is 11.3 Å². The summed E-state index contributed by atoms with van der Waals surface area (Å²) in [7, 11) is 1.62. The monoisotopic (exact) mass is 225 g/mol. The summed E-state index contributed by atoms with van der Waals surface area (Å²) >= 11 is 1.56. The lowest BCUT2D eigenvalue weighted by atomic mass is 9.79. The van der Waals surface area contributed by atoms with E-state index in [1.54, 1.807) is 18.4 Å². The number of rotatable bonds is 2. The van der Waals surface area contributed by atoms with E-state index in [-0.39, 0.29) is 0 Å². The zero-order valence-electron chi connectivity index (χ0n) is 9.03. The Balaban J connectivity index is 2.17. The first kappa shape index (κ1) is 10.6. The molecule has 0 spiro atoms. The maximum Gasteiger partial charge on any atom is 0.273 e. The third-order valence-electron chi connectivity index (χ3n) is 3.06. The van der Waals surface area contributed by atoms with Crippen LogP contribution in [0.2, 0.25) is 0 Å². The van der Waals surface area contributed by atoms with E-state index in [1.807, 2.05) is 6.20 Å². The van der Waals surface area contributed by atoms with Crippen LogP contribution in [0.1, 0.15) is 37.0 Å². The first-order valence-electron chi connectivity index (χ1n) is 5.22. The highest BCUT2D eigenvalue weighted by molar-refractivity contribution is 7.13. The van der Waals surface area contributed by atoms with Crippen LogP contribution in [0.15, 0.2) is 6.20 Å². The Morgan fingerprint density at radius 2 is 2.40 bits per heavy atom. The van der Waals surface area contributed by atoms with E-state index in [1.165, 1.54) is 4.88 Å². The lowest BCUT2D eigenvalue weighted by molar-refractivity contribution is -0.121. The highest BCUT2D eigenvalue weighted by atomic mass is 32.1. The molecule has 0 radical (unpaired) electrons. The number of Topliss-reactive ketones (excluding diaryl/α,β-unsaturated/α-hetero) is 1. The van der Waals surface area contributed by atoms with Crippen LogP contribution in [0.5, 0.6) is 5.19 Å². The Morgan fingerprint density at radius 3 is 3.07 bits per heavy atom. The Morgan fingerprint density at radius 1 is 1.60 bits per heavy atom. The second-order valence-electron chi connectivity index (χ2n) is 4.10. The maximum atomic E-state index is 11.4. The molecule has 1 aromatic rings. The molecule has 0 saturated heterocycles. The molecule has 1 heterocycles. The van der Waals surface area contributed by atoms with Crippen LogP contribution in [-0.2, 0) is 4.79 Å². The van der Waals surface area contributed by atoms with Crippen LogP contribution in [0, 0.1) is 5.92 Å². The molecule has 0 N–H and O–H groups in total. The van der Waals surface area contributed by atoms with Gasteiger partial charge in [0.25, 0.3) is 5.19 Å². The average molecular weight is 225 g/mol. The minimum absolute atomic E-state index is 0.354. The Kier molecular flexibility index (Phi) is 3.05. The summed E-state index contributed by atoms with van der Waals surface area (Å²) in [5, 5.41) is 0.690. The number of aromatic nitrogens is 1. The number of methoxy groups -OCH3 is 1. The van der Waals surface area contributed by atoms with Crippen molar-refractivity contribution in [1.82, 2.24) is 4.98 Å². The molecule has 15 heavy (non-hydrogen) atoms. The second-order valence-corrected chi connectivity index (χ2v) is 5.12. The van der Waals surface area contributed by atoms with Crippen molar-refractivity contribution in [3.8, 4) is 5.19 Å². The zero-order chi connectivity index (χ0) is 10.8. The van der Waals surface area contributed by atoms with Crippen LogP contribution < -0.4 is 4.74 Å². The number of ether oxygens (including phenoxy) is 1. The van der Waals surface area contributed by atoms with Crippen LogP contribution in [0.4, 0.5) is 0 Å². The van der Waals surface area contributed by atoms with Crippen molar-refractivity contribution in [2.75, 3.05) is 7.11 Å². The van der Waals surface area contributed by atoms with Crippen molar-refractivity contribution in [2.24, 2.45) is 5.92 Å². The van der Waals surface area contributed by atoms with Gasteiger partial charge in [0.15, 0.2) is 0 Å². The molecule has 2 rings (SSSR count). The summed E-state index contributed by atoms with van der Waals surface area (Å²) in [5.41, 5.74) is 0. The molecule has 2 unspecified atom stereocenters. The van der Waals surface area contributed by atoms with Gasteiger partial charge in [-0.05, 0) is 12.3 Å². The topological polar surface area (TPSA) is 39.2 Å². The Hall–Kier alpha value is -0.900. The fourth-order valence-electron chi connectivity index (χ4n) is 2.06. The van der Waals surface area contributed by atoms with Gasteiger partial charge in [-0.2, -0.15) is 0 Å². The number of thiazole rings is 1. The molecule has 1 fully saturated rings. The fraction of sp³-hybridized carbons (Fsp3) is 0.636. The quantitative estimate of drug-likeness (QED) is 0.776. The molecule has 2 atom stereocenters. The molecule has 0 aromatic carbocycles. The summed E-state index contributed by atoms with van der Waals surface area (Å²) in [6.07, 6.45) is 4.27. The number of hydrogen-bond donors (Lipinski definition) is 0.